The van der Waals surface area contributed by atoms with Crippen molar-refractivity contribution in [2.45, 2.75) is 64.9 Å². The van der Waals surface area contributed by atoms with Crippen LogP contribution in [0.15, 0.2) is 78.9 Å². The fraction of sp³-hybridized carbons (Fsp3) is 0.355. The highest BCUT2D eigenvalue weighted by Crippen LogP contribution is 2.20. The minimum absolute atomic E-state index is 0.0175. The quantitative estimate of drug-likeness (QED) is 0.326. The molecule has 3 aromatic rings. The number of nitrogens with zero attached hydrogens (tertiary/aromatic N) is 1. The summed E-state index contributed by atoms with van der Waals surface area (Å²) < 4.78 is 0. The molecule has 0 spiro atoms. The Labute approximate surface area is 220 Å². The summed E-state index contributed by atoms with van der Waals surface area (Å²) in [7, 11) is 0. The fourth-order valence-electron chi connectivity index (χ4n) is 4.11. The number of nitrogens with one attached hydrogen (secondary N) is 1. The van der Waals surface area contributed by atoms with Crippen LogP contribution in [0.3, 0.4) is 0 Å². The second-order valence-electron chi connectivity index (χ2n) is 9.45. The molecule has 0 aliphatic heterocycles. The summed E-state index contributed by atoms with van der Waals surface area (Å²) in [4.78, 5) is 29.1. The summed E-state index contributed by atoms with van der Waals surface area (Å²) in [6.07, 6.45) is 1.31. The maximum atomic E-state index is 13.7. The lowest BCUT2D eigenvalue weighted by molar-refractivity contribution is -0.139. The van der Waals surface area contributed by atoms with Gasteiger partial charge in [-0.05, 0) is 49.4 Å². The Bertz CT molecular complexity index is 1130. The van der Waals surface area contributed by atoms with Gasteiger partial charge in [0.2, 0.25) is 11.8 Å². The molecule has 36 heavy (non-hydrogen) atoms. The van der Waals surface area contributed by atoms with Crippen molar-refractivity contribution in [3.05, 3.63) is 107 Å². The normalized spacial score (nSPS) is 12.6. The van der Waals surface area contributed by atoms with E-state index in [-0.39, 0.29) is 17.9 Å². The van der Waals surface area contributed by atoms with E-state index in [9.17, 15) is 9.59 Å². The predicted molar refractivity (Wildman–Crippen MR) is 151 cm³/mol. The number of carbonyl (C=O) groups excluding carboxylic acids is 2. The van der Waals surface area contributed by atoms with Crippen molar-refractivity contribution in [1.82, 2.24) is 10.2 Å². The van der Waals surface area contributed by atoms with Gasteiger partial charge >= 0.3 is 0 Å². The third-order valence-corrected chi connectivity index (χ3v) is 7.44. The summed E-state index contributed by atoms with van der Waals surface area (Å²) >= 11 is 1.60. The zero-order valence-electron chi connectivity index (χ0n) is 21.9. The third-order valence-electron chi connectivity index (χ3n) is 6.45. The van der Waals surface area contributed by atoms with Crippen LogP contribution in [0.5, 0.6) is 0 Å². The van der Waals surface area contributed by atoms with Crippen molar-refractivity contribution >= 4 is 23.6 Å². The largest absolute Gasteiger partial charge is 0.352 e. The van der Waals surface area contributed by atoms with Gasteiger partial charge in [-0.15, -0.1) is 11.8 Å². The lowest BCUT2D eigenvalue weighted by Crippen LogP contribution is -2.52. The first-order valence-corrected chi connectivity index (χ1v) is 13.8. The number of aryl methyl sites for hydroxylation is 2. The van der Waals surface area contributed by atoms with Gasteiger partial charge in [0.05, 0.1) is 5.75 Å². The molecule has 2 atom stereocenters. The number of thioether (sulfide) groups is 1. The van der Waals surface area contributed by atoms with Gasteiger partial charge in [-0.25, -0.2) is 0 Å². The predicted octanol–water partition coefficient (Wildman–Crippen LogP) is 6.09. The summed E-state index contributed by atoms with van der Waals surface area (Å²) in [5.41, 5.74) is 5.63. The van der Waals surface area contributed by atoms with Crippen LogP contribution in [-0.2, 0) is 28.3 Å². The average Bonchev–Trinajstić information content (AvgIpc) is 2.87. The molecule has 3 aromatic carbocycles. The van der Waals surface area contributed by atoms with Crippen LogP contribution in [-0.4, -0.2) is 34.6 Å². The van der Waals surface area contributed by atoms with E-state index in [4.69, 9.17) is 0 Å². The zero-order chi connectivity index (χ0) is 25.9. The van der Waals surface area contributed by atoms with Crippen molar-refractivity contribution < 1.29 is 9.59 Å². The number of rotatable bonds is 12. The zero-order valence-corrected chi connectivity index (χ0v) is 22.7. The first kappa shape index (κ1) is 27.5. The first-order chi connectivity index (χ1) is 17.4. The fourth-order valence-corrected chi connectivity index (χ4v) is 4.96. The third kappa shape index (κ3) is 8.27. The highest BCUT2D eigenvalue weighted by atomic mass is 32.2. The van der Waals surface area contributed by atoms with Crippen LogP contribution in [0, 0.1) is 13.8 Å². The number of hydrogen-bond donors (Lipinski definition) is 1. The van der Waals surface area contributed by atoms with E-state index < -0.39 is 6.04 Å². The first-order valence-electron chi connectivity index (χ1n) is 12.7. The monoisotopic (exact) mass is 502 g/mol. The lowest BCUT2D eigenvalue weighted by atomic mass is 10.0. The molecule has 0 aromatic heterocycles. The SMILES string of the molecule is CC[C@H](C)NC(=O)[C@@H](Cc1ccccc1)N(Cc1ccccc1C)C(=O)CSCc1cccc(C)c1. The lowest BCUT2D eigenvalue weighted by Gasteiger charge is -2.32. The van der Waals surface area contributed by atoms with E-state index in [1.54, 1.807) is 16.7 Å². The van der Waals surface area contributed by atoms with E-state index >= 15 is 0 Å². The summed E-state index contributed by atoms with van der Waals surface area (Å²) in [6, 6.07) is 25.9. The summed E-state index contributed by atoms with van der Waals surface area (Å²) in [5.74, 6) is 0.963. The Kier molecular flexibility index (Phi) is 10.6. The van der Waals surface area contributed by atoms with Crippen LogP contribution < -0.4 is 5.32 Å². The van der Waals surface area contributed by atoms with Crippen LogP contribution in [0.4, 0.5) is 0 Å². The molecule has 4 nitrogen and oxygen atoms in total. The molecule has 0 aliphatic rings. The molecule has 0 fully saturated rings. The van der Waals surface area contributed by atoms with Crippen LogP contribution >= 0.6 is 11.8 Å². The van der Waals surface area contributed by atoms with E-state index in [1.165, 1.54) is 11.1 Å². The van der Waals surface area contributed by atoms with Gasteiger partial charge in [0.25, 0.3) is 0 Å². The molecule has 0 radical (unpaired) electrons. The van der Waals surface area contributed by atoms with Gasteiger partial charge < -0.3 is 10.2 Å². The van der Waals surface area contributed by atoms with E-state index in [1.807, 2.05) is 61.5 Å². The van der Waals surface area contributed by atoms with Gasteiger partial charge in [0.15, 0.2) is 0 Å². The molecular weight excluding hydrogens is 464 g/mol. The summed E-state index contributed by atoms with van der Waals surface area (Å²) in [5, 5.41) is 3.13. The molecule has 0 bridgehead atoms. The molecule has 3 rings (SSSR count). The molecule has 190 valence electrons. The Morgan fingerprint density at radius 1 is 0.917 bits per heavy atom. The second kappa shape index (κ2) is 13.9. The van der Waals surface area contributed by atoms with Crippen LogP contribution in [0.1, 0.15) is 48.1 Å². The topological polar surface area (TPSA) is 49.4 Å². The van der Waals surface area contributed by atoms with Crippen molar-refractivity contribution in [3.63, 3.8) is 0 Å². The summed E-state index contributed by atoms with van der Waals surface area (Å²) in [6.45, 7) is 8.59. The maximum Gasteiger partial charge on any atom is 0.243 e. The highest BCUT2D eigenvalue weighted by Gasteiger charge is 2.31. The Hall–Kier alpha value is -3.05. The second-order valence-corrected chi connectivity index (χ2v) is 10.4. The number of hydrogen-bond acceptors (Lipinski definition) is 3. The maximum absolute atomic E-state index is 13.7. The minimum atomic E-state index is -0.590. The van der Waals surface area contributed by atoms with Crippen molar-refractivity contribution in [1.29, 1.82) is 0 Å². The van der Waals surface area contributed by atoms with E-state index in [0.717, 1.165) is 28.9 Å². The molecule has 5 heteroatoms. The molecule has 0 unspecified atom stereocenters. The molecule has 0 saturated carbocycles. The van der Waals surface area contributed by atoms with Gasteiger partial charge in [-0.3, -0.25) is 9.59 Å². The van der Waals surface area contributed by atoms with Crippen molar-refractivity contribution in [2.75, 3.05) is 5.75 Å². The number of amides is 2. The Balaban J connectivity index is 1.86. The number of benzene rings is 3. The van der Waals surface area contributed by atoms with E-state index in [2.05, 4.69) is 50.4 Å². The molecule has 0 aliphatic carbocycles. The molecule has 2 amide bonds. The molecule has 0 saturated heterocycles. The van der Waals surface area contributed by atoms with Crippen LogP contribution in [0.25, 0.3) is 0 Å². The molecule has 1 N–H and O–H groups in total. The standard InChI is InChI=1S/C31H38N2O2S/c1-5-25(4)32-31(35)29(19-26-14-7-6-8-15-26)33(20-28-17-10-9-13-24(28)3)30(34)22-36-21-27-16-11-12-23(2)18-27/h6-18,25,29H,5,19-22H2,1-4H3,(H,32,35)/t25-,29+/m0/s1. The van der Waals surface area contributed by atoms with Gasteiger partial charge in [0, 0.05) is 24.8 Å². The number of carbonyl (C=O) groups is 2. The Morgan fingerprint density at radius 2 is 1.61 bits per heavy atom. The minimum Gasteiger partial charge on any atom is -0.352 e. The van der Waals surface area contributed by atoms with Gasteiger partial charge in [-0.1, -0.05) is 91.3 Å². The van der Waals surface area contributed by atoms with Crippen molar-refractivity contribution in [2.24, 2.45) is 0 Å². The smallest absolute Gasteiger partial charge is 0.243 e. The van der Waals surface area contributed by atoms with Gasteiger partial charge in [-0.2, -0.15) is 0 Å². The molecular formula is C31H38N2O2S. The van der Waals surface area contributed by atoms with Crippen LogP contribution in [0.2, 0.25) is 0 Å². The van der Waals surface area contributed by atoms with Crippen molar-refractivity contribution in [3.8, 4) is 0 Å². The highest BCUT2D eigenvalue weighted by molar-refractivity contribution is 7.99. The average molecular weight is 503 g/mol. The van der Waals surface area contributed by atoms with Gasteiger partial charge in [0.1, 0.15) is 6.04 Å². The Morgan fingerprint density at radius 3 is 2.31 bits per heavy atom. The van der Waals surface area contributed by atoms with E-state index in [0.29, 0.717) is 18.7 Å². The molecule has 0 heterocycles.